The first-order valence-electron chi connectivity index (χ1n) is 6.50. The largest absolute Gasteiger partial charge is 0.478 e. The van der Waals surface area contributed by atoms with E-state index in [1.807, 2.05) is 19.1 Å². The summed E-state index contributed by atoms with van der Waals surface area (Å²) in [6.07, 6.45) is 7.72. The van der Waals surface area contributed by atoms with Crippen LogP contribution in [-0.2, 0) is 0 Å². The van der Waals surface area contributed by atoms with E-state index in [-0.39, 0.29) is 0 Å². The van der Waals surface area contributed by atoms with Gasteiger partial charge in [0.2, 0.25) is 5.88 Å². The molecule has 0 radical (unpaired) electrons. The third-order valence-corrected chi connectivity index (χ3v) is 3.58. The maximum atomic E-state index is 5.62. The molecular formula is C14H22BrNO. The van der Waals surface area contributed by atoms with Gasteiger partial charge in [0.1, 0.15) is 0 Å². The van der Waals surface area contributed by atoms with Crippen LogP contribution in [0.3, 0.4) is 0 Å². The molecule has 0 fully saturated rings. The van der Waals surface area contributed by atoms with Crippen LogP contribution in [0.2, 0.25) is 0 Å². The summed E-state index contributed by atoms with van der Waals surface area (Å²) < 4.78 is 6.65. The lowest BCUT2D eigenvalue weighted by Crippen LogP contribution is -2.00. The van der Waals surface area contributed by atoms with E-state index in [0.29, 0.717) is 0 Å². The molecule has 0 N–H and O–H groups in total. The number of pyridine rings is 1. The number of nitrogens with zero attached hydrogens (tertiary/aromatic N) is 1. The van der Waals surface area contributed by atoms with Crippen LogP contribution in [0.15, 0.2) is 16.6 Å². The van der Waals surface area contributed by atoms with Crippen molar-refractivity contribution >= 4 is 15.9 Å². The minimum Gasteiger partial charge on any atom is -0.478 e. The summed E-state index contributed by atoms with van der Waals surface area (Å²) in [5.41, 5.74) is 0.977. The van der Waals surface area contributed by atoms with E-state index < -0.39 is 0 Å². The number of hydrogen-bond acceptors (Lipinski definition) is 2. The van der Waals surface area contributed by atoms with Crippen LogP contribution in [0.4, 0.5) is 0 Å². The Morgan fingerprint density at radius 1 is 1.12 bits per heavy atom. The van der Waals surface area contributed by atoms with Gasteiger partial charge in [-0.1, -0.05) is 39.0 Å². The molecule has 1 rings (SSSR count). The van der Waals surface area contributed by atoms with Gasteiger partial charge in [-0.2, -0.15) is 0 Å². The molecule has 0 aliphatic rings. The summed E-state index contributed by atoms with van der Waals surface area (Å²) in [6, 6.07) is 3.90. The SMILES string of the molecule is CCCCCCCCOc1ccc(Br)c(C)n1. The highest BCUT2D eigenvalue weighted by Crippen LogP contribution is 2.17. The molecule has 1 aromatic heterocycles. The molecule has 2 nitrogen and oxygen atoms in total. The first-order chi connectivity index (χ1) is 8.24. The van der Waals surface area contributed by atoms with Crippen molar-refractivity contribution in [2.75, 3.05) is 6.61 Å². The number of aryl methyl sites for hydroxylation is 1. The topological polar surface area (TPSA) is 22.1 Å². The van der Waals surface area contributed by atoms with Gasteiger partial charge in [-0.3, -0.25) is 0 Å². The zero-order valence-electron chi connectivity index (χ0n) is 10.8. The summed E-state index contributed by atoms with van der Waals surface area (Å²) in [5, 5.41) is 0. The average Bonchev–Trinajstić information content (AvgIpc) is 2.32. The molecule has 1 aromatic rings. The van der Waals surface area contributed by atoms with Gasteiger partial charge in [-0.15, -0.1) is 0 Å². The highest BCUT2D eigenvalue weighted by Gasteiger charge is 1.99. The molecule has 0 aliphatic heterocycles. The normalized spacial score (nSPS) is 10.5. The predicted octanol–water partition coefficient (Wildman–Crippen LogP) is 4.89. The lowest BCUT2D eigenvalue weighted by atomic mass is 10.1. The van der Waals surface area contributed by atoms with E-state index >= 15 is 0 Å². The Morgan fingerprint density at radius 3 is 2.53 bits per heavy atom. The van der Waals surface area contributed by atoms with Crippen molar-refractivity contribution in [3.8, 4) is 5.88 Å². The van der Waals surface area contributed by atoms with Crippen molar-refractivity contribution in [1.29, 1.82) is 0 Å². The van der Waals surface area contributed by atoms with Gasteiger partial charge in [0.25, 0.3) is 0 Å². The van der Waals surface area contributed by atoms with Crippen LogP contribution < -0.4 is 4.74 Å². The lowest BCUT2D eigenvalue weighted by Gasteiger charge is -2.06. The summed E-state index contributed by atoms with van der Waals surface area (Å²) in [5.74, 6) is 0.735. The molecule has 0 spiro atoms. The van der Waals surface area contributed by atoms with Gasteiger partial charge in [0.05, 0.1) is 12.3 Å². The Labute approximate surface area is 113 Å². The Morgan fingerprint density at radius 2 is 1.82 bits per heavy atom. The minimum atomic E-state index is 0.735. The van der Waals surface area contributed by atoms with Crippen molar-refractivity contribution in [2.45, 2.75) is 52.4 Å². The second-order valence-electron chi connectivity index (χ2n) is 4.33. The number of halogens is 1. The summed E-state index contributed by atoms with van der Waals surface area (Å²) >= 11 is 3.43. The monoisotopic (exact) mass is 299 g/mol. The van der Waals surface area contributed by atoms with E-state index in [1.165, 1.54) is 32.1 Å². The van der Waals surface area contributed by atoms with E-state index in [9.17, 15) is 0 Å². The number of aromatic nitrogens is 1. The highest BCUT2D eigenvalue weighted by atomic mass is 79.9. The maximum Gasteiger partial charge on any atom is 0.213 e. The van der Waals surface area contributed by atoms with Crippen molar-refractivity contribution in [3.05, 3.63) is 22.3 Å². The fourth-order valence-corrected chi connectivity index (χ4v) is 1.88. The standard InChI is InChI=1S/C14H22BrNO/c1-3-4-5-6-7-8-11-17-14-10-9-13(15)12(2)16-14/h9-10H,3-8,11H2,1-2H3. The van der Waals surface area contributed by atoms with E-state index in [4.69, 9.17) is 4.74 Å². The zero-order valence-corrected chi connectivity index (χ0v) is 12.4. The maximum absolute atomic E-state index is 5.62. The average molecular weight is 300 g/mol. The van der Waals surface area contributed by atoms with Crippen molar-refractivity contribution in [1.82, 2.24) is 4.98 Å². The number of hydrogen-bond donors (Lipinski definition) is 0. The summed E-state index contributed by atoms with van der Waals surface area (Å²) in [7, 11) is 0. The Balaban J connectivity index is 2.11. The van der Waals surface area contributed by atoms with Crippen molar-refractivity contribution < 1.29 is 4.74 Å². The molecule has 17 heavy (non-hydrogen) atoms. The molecule has 0 bridgehead atoms. The highest BCUT2D eigenvalue weighted by molar-refractivity contribution is 9.10. The number of unbranched alkanes of at least 4 members (excludes halogenated alkanes) is 5. The third-order valence-electron chi connectivity index (χ3n) is 2.74. The van der Waals surface area contributed by atoms with Gasteiger partial charge in [-0.25, -0.2) is 4.98 Å². The molecule has 3 heteroatoms. The van der Waals surface area contributed by atoms with Gasteiger partial charge < -0.3 is 4.74 Å². The van der Waals surface area contributed by atoms with Crippen molar-refractivity contribution in [3.63, 3.8) is 0 Å². The quantitative estimate of drug-likeness (QED) is 0.638. The predicted molar refractivity (Wildman–Crippen MR) is 75.5 cm³/mol. The summed E-state index contributed by atoms with van der Waals surface area (Å²) in [4.78, 5) is 4.35. The van der Waals surface area contributed by atoms with Crippen LogP contribution in [0.1, 0.15) is 51.1 Å². The number of ether oxygens (including phenoxy) is 1. The van der Waals surface area contributed by atoms with Crippen LogP contribution in [0.25, 0.3) is 0 Å². The van der Waals surface area contributed by atoms with E-state index in [2.05, 4.69) is 27.8 Å². The molecular weight excluding hydrogens is 278 g/mol. The van der Waals surface area contributed by atoms with Gasteiger partial charge in [-0.05, 0) is 35.3 Å². The van der Waals surface area contributed by atoms with Crippen LogP contribution >= 0.6 is 15.9 Å². The Kier molecular flexibility index (Phi) is 7.25. The molecule has 0 amide bonds. The Bertz CT molecular complexity index is 328. The second kappa shape index (κ2) is 8.51. The van der Waals surface area contributed by atoms with Gasteiger partial charge in [0, 0.05) is 10.5 Å². The zero-order chi connectivity index (χ0) is 12.5. The first kappa shape index (κ1) is 14.5. The van der Waals surface area contributed by atoms with Gasteiger partial charge >= 0.3 is 0 Å². The molecule has 1 heterocycles. The van der Waals surface area contributed by atoms with Crippen LogP contribution in [-0.4, -0.2) is 11.6 Å². The Hall–Kier alpha value is -0.570. The smallest absolute Gasteiger partial charge is 0.213 e. The van der Waals surface area contributed by atoms with E-state index in [1.54, 1.807) is 0 Å². The minimum absolute atomic E-state index is 0.735. The third kappa shape index (κ3) is 6.06. The van der Waals surface area contributed by atoms with Crippen LogP contribution in [0, 0.1) is 6.92 Å². The molecule has 0 aromatic carbocycles. The second-order valence-corrected chi connectivity index (χ2v) is 5.19. The number of rotatable bonds is 8. The fraction of sp³-hybridized carbons (Fsp3) is 0.643. The molecule has 0 aliphatic carbocycles. The molecule has 96 valence electrons. The van der Waals surface area contributed by atoms with E-state index in [0.717, 1.165) is 29.1 Å². The van der Waals surface area contributed by atoms with Crippen LogP contribution in [0.5, 0.6) is 5.88 Å². The lowest BCUT2D eigenvalue weighted by molar-refractivity contribution is 0.292. The first-order valence-corrected chi connectivity index (χ1v) is 7.29. The molecule has 0 saturated carbocycles. The molecule has 0 unspecified atom stereocenters. The molecule has 0 atom stereocenters. The van der Waals surface area contributed by atoms with Gasteiger partial charge in [0.15, 0.2) is 0 Å². The summed E-state index contributed by atoms with van der Waals surface area (Å²) in [6.45, 7) is 4.99. The fourth-order valence-electron chi connectivity index (χ4n) is 1.66. The van der Waals surface area contributed by atoms with Crippen molar-refractivity contribution in [2.24, 2.45) is 0 Å². The molecule has 0 saturated heterocycles.